The second-order valence-electron chi connectivity index (χ2n) is 7.47. The standard InChI is InChI=1S/C18H24F3NO3/c1-16(24)12-17(25-11-15(16)23)6-8-22(9-7-17)10-13-4-2-3-5-14(13)18(19,20)21/h2-5,15,23-24H,6-12H2,1H3/t15-,16-/m0/s1. The lowest BCUT2D eigenvalue weighted by atomic mass is 9.76. The molecule has 2 fully saturated rings. The van der Waals surface area contributed by atoms with Gasteiger partial charge in [-0.25, -0.2) is 0 Å². The van der Waals surface area contributed by atoms with E-state index in [0.717, 1.165) is 6.07 Å². The maximum atomic E-state index is 13.1. The summed E-state index contributed by atoms with van der Waals surface area (Å²) in [6, 6.07) is 5.66. The number of nitrogens with zero attached hydrogens (tertiary/aromatic N) is 1. The van der Waals surface area contributed by atoms with Gasteiger partial charge in [-0.05, 0) is 31.4 Å². The Hall–Kier alpha value is -1.15. The van der Waals surface area contributed by atoms with Crippen molar-refractivity contribution in [2.24, 2.45) is 0 Å². The first kappa shape index (κ1) is 18.6. The van der Waals surface area contributed by atoms with Crippen LogP contribution in [0.25, 0.3) is 0 Å². The van der Waals surface area contributed by atoms with Gasteiger partial charge in [-0.15, -0.1) is 0 Å². The lowest BCUT2D eigenvalue weighted by Crippen LogP contribution is -2.59. The van der Waals surface area contributed by atoms with Gasteiger partial charge in [-0.1, -0.05) is 18.2 Å². The van der Waals surface area contributed by atoms with Crippen molar-refractivity contribution < 1.29 is 28.1 Å². The number of aliphatic hydroxyl groups excluding tert-OH is 1. The summed E-state index contributed by atoms with van der Waals surface area (Å²) in [6.45, 7) is 3.12. The number of aliphatic hydroxyl groups is 2. The fraction of sp³-hybridized carbons (Fsp3) is 0.667. The van der Waals surface area contributed by atoms with E-state index in [4.69, 9.17) is 4.74 Å². The summed E-state index contributed by atoms with van der Waals surface area (Å²) in [5.41, 5.74) is -2.00. The number of rotatable bonds is 2. The molecule has 2 atom stereocenters. The quantitative estimate of drug-likeness (QED) is 0.852. The van der Waals surface area contributed by atoms with Crippen molar-refractivity contribution in [1.29, 1.82) is 0 Å². The van der Waals surface area contributed by atoms with Crippen molar-refractivity contribution in [2.75, 3.05) is 19.7 Å². The second kappa shape index (κ2) is 6.54. The summed E-state index contributed by atoms with van der Waals surface area (Å²) >= 11 is 0. The minimum absolute atomic E-state index is 0.0872. The molecule has 4 nitrogen and oxygen atoms in total. The average Bonchev–Trinajstić information content (AvgIpc) is 2.53. The minimum Gasteiger partial charge on any atom is -0.388 e. The predicted octanol–water partition coefficient (Wildman–Crippen LogP) is 2.57. The molecule has 2 aliphatic rings. The fourth-order valence-corrected chi connectivity index (χ4v) is 3.87. The Kier molecular flexibility index (Phi) is 4.87. The maximum absolute atomic E-state index is 13.1. The van der Waals surface area contributed by atoms with Crippen molar-refractivity contribution in [3.8, 4) is 0 Å². The van der Waals surface area contributed by atoms with Crippen molar-refractivity contribution in [3.05, 3.63) is 35.4 Å². The number of benzene rings is 1. The summed E-state index contributed by atoms with van der Waals surface area (Å²) in [4.78, 5) is 1.99. The van der Waals surface area contributed by atoms with E-state index in [0.29, 0.717) is 32.4 Å². The average molecular weight is 359 g/mol. The topological polar surface area (TPSA) is 52.9 Å². The van der Waals surface area contributed by atoms with Gasteiger partial charge in [0.05, 0.1) is 23.4 Å². The number of hydrogen-bond acceptors (Lipinski definition) is 4. The summed E-state index contributed by atoms with van der Waals surface area (Å²) in [5.74, 6) is 0. The molecular formula is C18H24F3NO3. The molecule has 1 spiro atoms. The zero-order valence-electron chi connectivity index (χ0n) is 14.2. The summed E-state index contributed by atoms with van der Waals surface area (Å²) < 4.78 is 45.2. The third-order valence-electron chi connectivity index (χ3n) is 5.43. The van der Waals surface area contributed by atoms with Gasteiger partial charge in [0.2, 0.25) is 0 Å². The molecule has 25 heavy (non-hydrogen) atoms. The number of alkyl halides is 3. The van der Waals surface area contributed by atoms with Gasteiger partial charge in [0, 0.05) is 26.1 Å². The molecule has 140 valence electrons. The van der Waals surface area contributed by atoms with Crippen LogP contribution >= 0.6 is 0 Å². The molecule has 2 heterocycles. The molecule has 0 unspecified atom stereocenters. The molecule has 0 bridgehead atoms. The van der Waals surface area contributed by atoms with Crippen LogP contribution in [0.1, 0.15) is 37.3 Å². The molecule has 1 aromatic rings. The van der Waals surface area contributed by atoms with Crippen LogP contribution in [0.2, 0.25) is 0 Å². The molecule has 2 N–H and O–H groups in total. The van der Waals surface area contributed by atoms with Gasteiger partial charge in [-0.3, -0.25) is 4.90 Å². The highest BCUT2D eigenvalue weighted by Crippen LogP contribution is 2.40. The molecule has 2 aliphatic heterocycles. The van der Waals surface area contributed by atoms with Gasteiger partial charge < -0.3 is 14.9 Å². The van der Waals surface area contributed by atoms with Crippen LogP contribution in [0.4, 0.5) is 13.2 Å². The maximum Gasteiger partial charge on any atom is 0.416 e. The van der Waals surface area contributed by atoms with Gasteiger partial charge in [0.25, 0.3) is 0 Å². The first-order valence-corrected chi connectivity index (χ1v) is 8.53. The predicted molar refractivity (Wildman–Crippen MR) is 85.9 cm³/mol. The molecule has 0 saturated carbocycles. The third-order valence-corrected chi connectivity index (χ3v) is 5.43. The highest BCUT2D eigenvalue weighted by molar-refractivity contribution is 5.29. The van der Waals surface area contributed by atoms with E-state index in [2.05, 4.69) is 0 Å². The third kappa shape index (κ3) is 4.00. The fourth-order valence-electron chi connectivity index (χ4n) is 3.87. The van der Waals surface area contributed by atoms with Gasteiger partial charge in [0.15, 0.2) is 0 Å². The Morgan fingerprint density at radius 1 is 1.24 bits per heavy atom. The zero-order valence-corrected chi connectivity index (χ0v) is 14.2. The number of likely N-dealkylation sites (tertiary alicyclic amines) is 1. The van der Waals surface area contributed by atoms with Gasteiger partial charge >= 0.3 is 6.18 Å². The van der Waals surface area contributed by atoms with Crippen molar-refractivity contribution >= 4 is 0 Å². The smallest absolute Gasteiger partial charge is 0.388 e. The summed E-state index contributed by atoms with van der Waals surface area (Å²) in [6.07, 6.45) is -3.66. The molecule has 0 aromatic heterocycles. The number of halogens is 3. The molecule has 7 heteroatoms. The van der Waals surface area contributed by atoms with E-state index in [9.17, 15) is 23.4 Å². The normalized spacial score (nSPS) is 30.6. The largest absolute Gasteiger partial charge is 0.416 e. The van der Waals surface area contributed by atoms with Crippen molar-refractivity contribution in [2.45, 2.75) is 56.2 Å². The zero-order chi connectivity index (χ0) is 18.3. The van der Waals surface area contributed by atoms with Crippen molar-refractivity contribution in [3.63, 3.8) is 0 Å². The SMILES string of the molecule is C[C@]1(O)CC2(CCN(Cc3ccccc3C(F)(F)F)CC2)OC[C@@H]1O. The summed E-state index contributed by atoms with van der Waals surface area (Å²) in [5, 5.41) is 20.1. The Bertz CT molecular complexity index is 610. The van der Waals surface area contributed by atoms with Crippen LogP contribution in [0, 0.1) is 0 Å². The van der Waals surface area contributed by atoms with Crippen LogP contribution < -0.4 is 0 Å². The first-order valence-electron chi connectivity index (χ1n) is 8.53. The monoisotopic (exact) mass is 359 g/mol. The van der Waals surface area contributed by atoms with Crippen LogP contribution in [0.3, 0.4) is 0 Å². The first-order chi connectivity index (χ1) is 11.6. The minimum atomic E-state index is -4.35. The summed E-state index contributed by atoms with van der Waals surface area (Å²) in [7, 11) is 0. The molecule has 0 radical (unpaired) electrons. The van der Waals surface area contributed by atoms with E-state index >= 15 is 0 Å². The molecular weight excluding hydrogens is 335 g/mol. The van der Waals surface area contributed by atoms with Gasteiger partial charge in [0.1, 0.15) is 6.10 Å². The van der Waals surface area contributed by atoms with Crippen LogP contribution in [-0.2, 0) is 17.5 Å². The molecule has 0 aliphatic carbocycles. The highest BCUT2D eigenvalue weighted by atomic mass is 19.4. The second-order valence-corrected chi connectivity index (χ2v) is 7.47. The molecule has 3 rings (SSSR count). The van der Waals surface area contributed by atoms with Crippen molar-refractivity contribution in [1.82, 2.24) is 4.90 Å². The van der Waals surface area contributed by atoms with Gasteiger partial charge in [-0.2, -0.15) is 13.2 Å². The number of hydrogen-bond donors (Lipinski definition) is 2. The Morgan fingerprint density at radius 3 is 2.48 bits per heavy atom. The van der Waals surface area contributed by atoms with E-state index in [-0.39, 0.29) is 18.7 Å². The molecule has 2 saturated heterocycles. The Morgan fingerprint density at radius 2 is 1.88 bits per heavy atom. The molecule has 0 amide bonds. The van der Waals surface area contributed by atoms with E-state index in [1.54, 1.807) is 13.0 Å². The Balaban J connectivity index is 1.65. The van der Waals surface area contributed by atoms with E-state index in [1.807, 2.05) is 4.90 Å². The van der Waals surface area contributed by atoms with Crippen LogP contribution in [0.15, 0.2) is 24.3 Å². The van der Waals surface area contributed by atoms with Crippen LogP contribution in [0.5, 0.6) is 0 Å². The van der Waals surface area contributed by atoms with E-state index < -0.39 is 29.0 Å². The molecule has 1 aromatic carbocycles. The number of piperidine rings is 1. The van der Waals surface area contributed by atoms with E-state index in [1.165, 1.54) is 12.1 Å². The lowest BCUT2D eigenvalue weighted by molar-refractivity contribution is -0.223. The highest BCUT2D eigenvalue weighted by Gasteiger charge is 2.48. The number of ether oxygens (including phenoxy) is 1. The van der Waals surface area contributed by atoms with Crippen LogP contribution in [-0.4, -0.2) is 52.1 Å². The Labute approximate surface area is 145 Å². The lowest BCUT2D eigenvalue weighted by Gasteiger charge is -2.50.